The molecule has 1 aromatic rings. The Morgan fingerprint density at radius 2 is 1.97 bits per heavy atom. The van der Waals surface area contributed by atoms with Crippen molar-refractivity contribution in [3.8, 4) is 5.75 Å². The minimum absolute atomic E-state index is 0.0291. The van der Waals surface area contributed by atoms with Crippen molar-refractivity contribution in [1.82, 2.24) is 10.0 Å². The van der Waals surface area contributed by atoms with E-state index >= 15 is 0 Å². The molecular formula is C20H28FN3O5S. The minimum Gasteiger partial charge on any atom is -0.482 e. The maximum Gasteiger partial charge on any atom is 0.265 e. The van der Waals surface area contributed by atoms with Gasteiger partial charge in [-0.25, -0.2) is 17.5 Å². The third-order valence-electron chi connectivity index (χ3n) is 5.57. The summed E-state index contributed by atoms with van der Waals surface area (Å²) in [5, 5.41) is 2.47. The third kappa shape index (κ3) is 5.48. The molecule has 2 amide bonds. The quantitative estimate of drug-likeness (QED) is 0.668. The molecule has 1 saturated carbocycles. The van der Waals surface area contributed by atoms with E-state index in [0.717, 1.165) is 25.7 Å². The van der Waals surface area contributed by atoms with Gasteiger partial charge in [0.2, 0.25) is 15.9 Å². The summed E-state index contributed by atoms with van der Waals surface area (Å²) in [6.07, 6.45) is 3.08. The lowest BCUT2D eigenvalue weighted by molar-refractivity contribution is -0.125. The number of hydrogen-bond acceptors (Lipinski definition) is 5. The molecular weight excluding hydrogens is 413 g/mol. The zero-order valence-electron chi connectivity index (χ0n) is 17.2. The first kappa shape index (κ1) is 22.5. The van der Waals surface area contributed by atoms with Gasteiger partial charge < -0.3 is 10.1 Å². The third-order valence-corrected chi connectivity index (χ3v) is 7.38. The van der Waals surface area contributed by atoms with Crippen molar-refractivity contribution in [3.05, 3.63) is 24.0 Å². The summed E-state index contributed by atoms with van der Waals surface area (Å²) in [4.78, 5) is 25.9. The predicted molar refractivity (Wildman–Crippen MR) is 110 cm³/mol. The fourth-order valence-corrected chi connectivity index (χ4v) is 4.48. The molecule has 166 valence electrons. The van der Waals surface area contributed by atoms with Gasteiger partial charge in [-0.05, 0) is 57.6 Å². The molecule has 30 heavy (non-hydrogen) atoms. The van der Waals surface area contributed by atoms with Crippen molar-refractivity contribution in [2.75, 3.05) is 24.6 Å². The molecule has 1 fully saturated rings. The van der Waals surface area contributed by atoms with Crippen LogP contribution in [0.2, 0.25) is 0 Å². The molecule has 1 aliphatic heterocycles. The Bertz CT molecular complexity index is 898. The van der Waals surface area contributed by atoms with Gasteiger partial charge in [0.05, 0.1) is 10.9 Å². The van der Waals surface area contributed by atoms with Gasteiger partial charge in [0, 0.05) is 18.7 Å². The standard InChI is InChI=1S/C20H28FN3O5S/c1-13(2)30(27,28)22-10-14-3-6-16(7-4-14)23-19(25)11-24-17-9-15(21)5-8-18(17)29-12-20(24)26/h5,8-9,13-14,16,22H,3-4,6-7,10-12H2,1-2H3,(H,23,25). The Balaban J connectivity index is 1.49. The number of rotatable bonds is 7. The van der Waals surface area contributed by atoms with Crippen LogP contribution in [0.25, 0.3) is 0 Å². The van der Waals surface area contributed by atoms with Gasteiger partial charge in [0.15, 0.2) is 6.61 Å². The zero-order chi connectivity index (χ0) is 21.9. The molecule has 0 spiro atoms. The first-order chi connectivity index (χ1) is 14.2. The lowest BCUT2D eigenvalue weighted by Gasteiger charge is -2.31. The van der Waals surface area contributed by atoms with E-state index in [0.29, 0.717) is 12.3 Å². The van der Waals surface area contributed by atoms with Crippen LogP contribution in [0.15, 0.2) is 18.2 Å². The normalized spacial score (nSPS) is 21.9. The van der Waals surface area contributed by atoms with Crippen LogP contribution in [0.3, 0.4) is 0 Å². The van der Waals surface area contributed by atoms with Crippen molar-refractivity contribution < 1.29 is 27.1 Å². The fourth-order valence-electron chi connectivity index (χ4n) is 3.68. The Morgan fingerprint density at radius 1 is 1.27 bits per heavy atom. The van der Waals surface area contributed by atoms with E-state index in [1.54, 1.807) is 13.8 Å². The molecule has 1 aromatic carbocycles. The molecule has 3 rings (SSSR count). The van der Waals surface area contributed by atoms with Gasteiger partial charge in [0.25, 0.3) is 5.91 Å². The van der Waals surface area contributed by atoms with Gasteiger partial charge >= 0.3 is 0 Å². The highest BCUT2D eigenvalue weighted by atomic mass is 32.2. The number of nitrogens with zero attached hydrogens (tertiary/aromatic N) is 1. The van der Waals surface area contributed by atoms with Crippen molar-refractivity contribution in [2.24, 2.45) is 5.92 Å². The van der Waals surface area contributed by atoms with E-state index in [1.807, 2.05) is 0 Å². The lowest BCUT2D eigenvalue weighted by atomic mass is 9.86. The fraction of sp³-hybridized carbons (Fsp3) is 0.600. The maximum atomic E-state index is 13.6. The van der Waals surface area contributed by atoms with Gasteiger partial charge in [-0.15, -0.1) is 0 Å². The van der Waals surface area contributed by atoms with Crippen LogP contribution in [0.1, 0.15) is 39.5 Å². The number of sulfonamides is 1. The zero-order valence-corrected chi connectivity index (χ0v) is 18.0. The smallest absolute Gasteiger partial charge is 0.265 e. The average Bonchev–Trinajstić information content (AvgIpc) is 2.69. The predicted octanol–water partition coefficient (Wildman–Crippen LogP) is 1.55. The summed E-state index contributed by atoms with van der Waals surface area (Å²) in [6, 6.07) is 3.84. The molecule has 0 saturated heterocycles. The molecule has 0 unspecified atom stereocenters. The Morgan fingerprint density at radius 3 is 2.63 bits per heavy atom. The van der Waals surface area contributed by atoms with Crippen LogP contribution in [0, 0.1) is 11.7 Å². The summed E-state index contributed by atoms with van der Waals surface area (Å²) in [6.45, 7) is 3.30. The number of ether oxygens (including phenoxy) is 1. The molecule has 1 aliphatic carbocycles. The van der Waals surface area contributed by atoms with Crippen LogP contribution in [0.4, 0.5) is 10.1 Å². The second kappa shape index (κ2) is 9.30. The van der Waals surface area contributed by atoms with Crippen LogP contribution < -0.4 is 19.7 Å². The minimum atomic E-state index is -3.27. The lowest BCUT2D eigenvalue weighted by Crippen LogP contribution is -2.48. The number of carbonyl (C=O) groups is 2. The molecule has 8 nitrogen and oxygen atoms in total. The van der Waals surface area contributed by atoms with E-state index < -0.39 is 27.0 Å². The number of nitrogens with one attached hydrogen (secondary N) is 2. The summed E-state index contributed by atoms with van der Waals surface area (Å²) in [7, 11) is -3.27. The van der Waals surface area contributed by atoms with Crippen LogP contribution in [0.5, 0.6) is 5.75 Å². The highest BCUT2D eigenvalue weighted by Crippen LogP contribution is 2.32. The maximum absolute atomic E-state index is 13.6. The first-order valence-electron chi connectivity index (χ1n) is 10.2. The number of hydrogen-bond donors (Lipinski definition) is 2. The molecule has 1 heterocycles. The summed E-state index contributed by atoms with van der Waals surface area (Å²) >= 11 is 0. The first-order valence-corrected chi connectivity index (χ1v) is 11.7. The molecule has 0 atom stereocenters. The van der Waals surface area contributed by atoms with Crippen molar-refractivity contribution >= 4 is 27.5 Å². The summed E-state index contributed by atoms with van der Waals surface area (Å²) in [5.41, 5.74) is 0.252. The monoisotopic (exact) mass is 441 g/mol. The molecule has 2 N–H and O–H groups in total. The van der Waals surface area contributed by atoms with E-state index in [2.05, 4.69) is 10.0 Å². The van der Waals surface area contributed by atoms with Crippen molar-refractivity contribution in [1.29, 1.82) is 0 Å². The van der Waals surface area contributed by atoms with Crippen LogP contribution in [-0.4, -0.2) is 51.2 Å². The number of carbonyl (C=O) groups excluding carboxylic acids is 2. The largest absolute Gasteiger partial charge is 0.482 e. The summed E-state index contributed by atoms with van der Waals surface area (Å²) in [5.74, 6) is -0.617. The topological polar surface area (TPSA) is 105 Å². The second-order valence-electron chi connectivity index (χ2n) is 8.11. The highest BCUT2D eigenvalue weighted by molar-refractivity contribution is 7.90. The van der Waals surface area contributed by atoms with Gasteiger partial charge in [-0.3, -0.25) is 14.5 Å². The van der Waals surface area contributed by atoms with Crippen molar-refractivity contribution in [3.63, 3.8) is 0 Å². The average molecular weight is 442 g/mol. The number of amides is 2. The Kier molecular flexibility index (Phi) is 6.97. The Hall–Kier alpha value is -2.20. The van der Waals surface area contributed by atoms with Crippen LogP contribution in [-0.2, 0) is 19.6 Å². The molecule has 0 aromatic heterocycles. The number of fused-ring (bicyclic) bond motifs is 1. The molecule has 0 bridgehead atoms. The van der Waals surface area contributed by atoms with Gasteiger partial charge in [0.1, 0.15) is 18.1 Å². The summed E-state index contributed by atoms with van der Waals surface area (Å²) < 4.78 is 45.3. The molecule has 0 radical (unpaired) electrons. The number of benzene rings is 1. The van der Waals surface area contributed by atoms with Crippen molar-refractivity contribution in [2.45, 2.75) is 50.8 Å². The second-order valence-corrected chi connectivity index (χ2v) is 10.4. The van der Waals surface area contributed by atoms with E-state index in [4.69, 9.17) is 4.74 Å². The van der Waals surface area contributed by atoms with E-state index in [9.17, 15) is 22.4 Å². The van der Waals surface area contributed by atoms with Gasteiger partial charge in [-0.1, -0.05) is 0 Å². The number of anilines is 1. The molecule has 10 heteroatoms. The van der Waals surface area contributed by atoms with Gasteiger partial charge in [-0.2, -0.15) is 0 Å². The SMILES string of the molecule is CC(C)S(=O)(=O)NCC1CCC(NC(=O)CN2C(=O)COc3ccc(F)cc32)CC1. The Labute approximate surface area is 176 Å². The molecule has 2 aliphatic rings. The van der Waals surface area contributed by atoms with Crippen LogP contribution >= 0.6 is 0 Å². The van der Waals surface area contributed by atoms with E-state index in [-0.39, 0.29) is 36.7 Å². The highest BCUT2D eigenvalue weighted by Gasteiger charge is 2.29. The number of halogens is 1. The van der Waals surface area contributed by atoms with E-state index in [1.165, 1.54) is 23.1 Å².